The number of hydrogen-bond donors (Lipinski definition) is 2. The van der Waals surface area contributed by atoms with E-state index in [-0.39, 0.29) is 18.4 Å². The van der Waals surface area contributed by atoms with Gasteiger partial charge in [0.2, 0.25) is 0 Å². The first-order valence-electron chi connectivity index (χ1n) is 8.27. The lowest BCUT2D eigenvalue weighted by atomic mass is 9.88. The van der Waals surface area contributed by atoms with E-state index in [9.17, 15) is 14.4 Å². The molecule has 3 heterocycles. The van der Waals surface area contributed by atoms with Crippen LogP contribution in [0.5, 0.6) is 0 Å². The van der Waals surface area contributed by atoms with Crippen LogP contribution in [0.25, 0.3) is 10.9 Å². The number of carbonyl (C=O) groups excluding carboxylic acids is 3. The SMILES string of the molecule is Cc1ccc(C(=O)N2CCCC3(C2)NC(=O)NC3=O)c2ncccc12. The number of fused-ring (bicyclic) bond motifs is 1. The van der Waals surface area contributed by atoms with E-state index in [2.05, 4.69) is 15.6 Å². The highest BCUT2D eigenvalue weighted by molar-refractivity contribution is 6.09. The summed E-state index contributed by atoms with van der Waals surface area (Å²) >= 11 is 0. The van der Waals surface area contributed by atoms with Gasteiger partial charge in [-0.1, -0.05) is 12.1 Å². The number of nitrogens with one attached hydrogen (secondary N) is 2. The molecule has 0 saturated carbocycles. The van der Waals surface area contributed by atoms with Gasteiger partial charge in [-0.2, -0.15) is 0 Å². The van der Waals surface area contributed by atoms with Gasteiger partial charge in [0.1, 0.15) is 5.54 Å². The number of benzene rings is 1. The molecule has 4 amide bonds. The summed E-state index contributed by atoms with van der Waals surface area (Å²) in [7, 11) is 0. The number of hydrogen-bond acceptors (Lipinski definition) is 4. The Kier molecular flexibility index (Phi) is 3.45. The first-order valence-corrected chi connectivity index (χ1v) is 8.27. The summed E-state index contributed by atoms with van der Waals surface area (Å²) in [6.07, 6.45) is 2.85. The highest BCUT2D eigenvalue weighted by Crippen LogP contribution is 2.27. The first-order chi connectivity index (χ1) is 12.0. The molecular formula is C18H18N4O3. The van der Waals surface area contributed by atoms with Crippen molar-refractivity contribution in [1.82, 2.24) is 20.5 Å². The molecule has 0 aliphatic carbocycles. The average molecular weight is 338 g/mol. The zero-order chi connectivity index (χ0) is 17.6. The molecule has 1 spiro atoms. The van der Waals surface area contributed by atoms with Gasteiger partial charge in [0, 0.05) is 18.1 Å². The molecule has 1 aromatic heterocycles. The fourth-order valence-corrected chi connectivity index (χ4v) is 3.70. The lowest BCUT2D eigenvalue weighted by molar-refractivity contribution is -0.125. The lowest BCUT2D eigenvalue weighted by Gasteiger charge is -2.38. The minimum Gasteiger partial charge on any atom is -0.336 e. The Bertz CT molecular complexity index is 910. The number of nitrogens with zero attached hydrogens (tertiary/aromatic N) is 2. The van der Waals surface area contributed by atoms with Gasteiger partial charge in [-0.15, -0.1) is 0 Å². The predicted molar refractivity (Wildman–Crippen MR) is 91.0 cm³/mol. The minimum atomic E-state index is -1.01. The van der Waals surface area contributed by atoms with Crippen molar-refractivity contribution in [3.63, 3.8) is 0 Å². The molecule has 128 valence electrons. The Morgan fingerprint density at radius 2 is 2.12 bits per heavy atom. The number of piperidine rings is 1. The number of imide groups is 1. The molecule has 4 rings (SSSR count). The van der Waals surface area contributed by atoms with Crippen LogP contribution in [0.4, 0.5) is 4.79 Å². The molecule has 25 heavy (non-hydrogen) atoms. The van der Waals surface area contributed by atoms with E-state index in [0.717, 1.165) is 10.9 Å². The van der Waals surface area contributed by atoms with E-state index in [1.807, 2.05) is 25.1 Å². The van der Waals surface area contributed by atoms with Crippen molar-refractivity contribution in [2.75, 3.05) is 13.1 Å². The monoisotopic (exact) mass is 338 g/mol. The van der Waals surface area contributed by atoms with E-state index in [0.29, 0.717) is 30.5 Å². The summed E-state index contributed by atoms with van der Waals surface area (Å²) in [5.74, 6) is -0.529. The van der Waals surface area contributed by atoms with Crippen molar-refractivity contribution in [2.24, 2.45) is 0 Å². The lowest BCUT2D eigenvalue weighted by Crippen LogP contribution is -2.59. The summed E-state index contributed by atoms with van der Waals surface area (Å²) in [5.41, 5.74) is 1.21. The first kappa shape index (κ1) is 15.6. The Morgan fingerprint density at radius 3 is 2.88 bits per heavy atom. The fourth-order valence-electron chi connectivity index (χ4n) is 3.70. The van der Waals surface area contributed by atoms with Crippen molar-refractivity contribution in [3.05, 3.63) is 41.6 Å². The maximum Gasteiger partial charge on any atom is 0.322 e. The van der Waals surface area contributed by atoms with Crippen LogP contribution in [0.2, 0.25) is 0 Å². The average Bonchev–Trinajstić information content (AvgIpc) is 2.88. The van der Waals surface area contributed by atoms with Gasteiger partial charge in [0.05, 0.1) is 17.6 Å². The van der Waals surface area contributed by atoms with E-state index in [1.54, 1.807) is 17.2 Å². The van der Waals surface area contributed by atoms with Crippen LogP contribution in [0.1, 0.15) is 28.8 Å². The molecule has 1 aromatic carbocycles. The van der Waals surface area contributed by atoms with Gasteiger partial charge in [-0.25, -0.2) is 4.79 Å². The third-order valence-electron chi connectivity index (χ3n) is 5.01. The Labute approximate surface area is 144 Å². The fraction of sp³-hybridized carbons (Fsp3) is 0.333. The number of rotatable bonds is 1. The highest BCUT2D eigenvalue weighted by Gasteiger charge is 2.49. The van der Waals surface area contributed by atoms with Gasteiger partial charge in [-0.05, 0) is 37.5 Å². The van der Waals surface area contributed by atoms with Crippen molar-refractivity contribution in [1.29, 1.82) is 0 Å². The van der Waals surface area contributed by atoms with Crippen LogP contribution < -0.4 is 10.6 Å². The third kappa shape index (κ3) is 2.43. The molecule has 2 saturated heterocycles. The second kappa shape index (κ2) is 5.54. The number of amides is 4. The van der Waals surface area contributed by atoms with Gasteiger partial charge in [-0.3, -0.25) is 19.9 Å². The quantitative estimate of drug-likeness (QED) is 0.768. The van der Waals surface area contributed by atoms with Crippen molar-refractivity contribution in [2.45, 2.75) is 25.3 Å². The number of carbonyl (C=O) groups is 3. The Morgan fingerprint density at radius 1 is 1.28 bits per heavy atom. The van der Waals surface area contributed by atoms with E-state index >= 15 is 0 Å². The van der Waals surface area contributed by atoms with Crippen LogP contribution in [0, 0.1) is 6.92 Å². The second-order valence-corrected chi connectivity index (χ2v) is 6.65. The molecule has 7 heteroatoms. The number of urea groups is 1. The number of aromatic nitrogens is 1. The highest BCUT2D eigenvalue weighted by atomic mass is 16.2. The second-order valence-electron chi connectivity index (χ2n) is 6.65. The van der Waals surface area contributed by atoms with Crippen molar-refractivity contribution in [3.8, 4) is 0 Å². The molecule has 0 radical (unpaired) electrons. The summed E-state index contributed by atoms with van der Waals surface area (Å²) in [5, 5.41) is 5.90. The predicted octanol–water partition coefficient (Wildman–Crippen LogP) is 1.36. The van der Waals surface area contributed by atoms with Gasteiger partial charge >= 0.3 is 6.03 Å². The summed E-state index contributed by atoms with van der Waals surface area (Å²) in [6, 6.07) is 6.97. The van der Waals surface area contributed by atoms with Crippen LogP contribution >= 0.6 is 0 Å². The summed E-state index contributed by atoms with van der Waals surface area (Å²) in [4.78, 5) is 42.8. The van der Waals surface area contributed by atoms with Crippen LogP contribution in [0.3, 0.4) is 0 Å². The van der Waals surface area contributed by atoms with Crippen molar-refractivity contribution < 1.29 is 14.4 Å². The number of aryl methyl sites for hydroxylation is 1. The summed E-state index contributed by atoms with van der Waals surface area (Å²) in [6.45, 7) is 2.70. The maximum atomic E-state index is 13.1. The van der Waals surface area contributed by atoms with E-state index in [1.165, 1.54) is 0 Å². The zero-order valence-electron chi connectivity index (χ0n) is 13.8. The molecule has 2 aliphatic heterocycles. The van der Waals surface area contributed by atoms with Gasteiger partial charge < -0.3 is 10.2 Å². The largest absolute Gasteiger partial charge is 0.336 e. The van der Waals surface area contributed by atoms with Crippen LogP contribution in [-0.2, 0) is 4.79 Å². The molecule has 0 bridgehead atoms. The summed E-state index contributed by atoms with van der Waals surface area (Å²) < 4.78 is 0. The van der Waals surface area contributed by atoms with Gasteiger partial charge in [0.15, 0.2) is 0 Å². The third-order valence-corrected chi connectivity index (χ3v) is 5.01. The number of pyridine rings is 1. The standard InChI is InChI=1S/C18H18N4O3/c1-11-5-6-13(14-12(11)4-2-8-19-14)15(23)22-9-3-7-18(10-22)16(24)20-17(25)21-18/h2,4-6,8H,3,7,9-10H2,1H3,(H2,20,21,24,25). The molecule has 1 atom stereocenters. The molecule has 2 aromatic rings. The Balaban J connectivity index is 1.69. The van der Waals surface area contributed by atoms with Crippen LogP contribution in [0.15, 0.2) is 30.5 Å². The van der Waals surface area contributed by atoms with E-state index in [4.69, 9.17) is 0 Å². The van der Waals surface area contributed by atoms with E-state index < -0.39 is 11.6 Å². The Hall–Kier alpha value is -2.96. The molecule has 1 unspecified atom stereocenters. The zero-order valence-corrected chi connectivity index (χ0v) is 13.8. The van der Waals surface area contributed by atoms with Crippen molar-refractivity contribution >= 4 is 28.7 Å². The molecule has 7 nitrogen and oxygen atoms in total. The topological polar surface area (TPSA) is 91.4 Å². The molecule has 2 aliphatic rings. The minimum absolute atomic E-state index is 0.170. The van der Waals surface area contributed by atoms with Crippen LogP contribution in [-0.4, -0.2) is 46.4 Å². The van der Waals surface area contributed by atoms with Gasteiger partial charge in [0.25, 0.3) is 11.8 Å². The molecule has 2 N–H and O–H groups in total. The maximum absolute atomic E-state index is 13.1. The number of likely N-dealkylation sites (tertiary alicyclic amines) is 1. The smallest absolute Gasteiger partial charge is 0.322 e. The normalized spacial score (nSPS) is 23.0. The molecular weight excluding hydrogens is 320 g/mol. The molecule has 2 fully saturated rings.